The number of piperidine rings is 1. The van der Waals surface area contributed by atoms with E-state index >= 15 is 0 Å². The quantitative estimate of drug-likeness (QED) is 0.0812. The number of imide groups is 1. The average Bonchev–Trinajstić information content (AvgIpc) is 3.49. The normalized spacial score (nSPS) is 18.9. The molecule has 14 heteroatoms. The molecule has 5 N–H and O–H groups in total. The largest absolute Gasteiger partial charge is 0.465 e. The van der Waals surface area contributed by atoms with Crippen LogP contribution >= 0.6 is 0 Å². The van der Waals surface area contributed by atoms with Gasteiger partial charge in [-0.15, -0.1) is 0 Å². The van der Waals surface area contributed by atoms with E-state index in [0.29, 0.717) is 46.6 Å². The molecule has 286 valence electrons. The first-order chi connectivity index (χ1) is 25.5. The van der Waals surface area contributed by atoms with Crippen LogP contribution in [0.2, 0.25) is 0 Å². The van der Waals surface area contributed by atoms with Crippen molar-refractivity contribution in [2.75, 3.05) is 45.0 Å². The number of anilines is 1. The van der Waals surface area contributed by atoms with Crippen molar-refractivity contribution >= 4 is 35.3 Å². The number of hydrogen-bond donors (Lipinski definition) is 3. The van der Waals surface area contributed by atoms with E-state index in [1.165, 1.54) is 23.9 Å². The number of amides is 4. The van der Waals surface area contributed by atoms with E-state index in [9.17, 15) is 24.0 Å². The molecular weight excluding hydrogens is 680 g/mol. The maximum atomic E-state index is 13.0. The maximum Gasteiger partial charge on any atom is 0.337 e. The number of ether oxygens (including phenoxy) is 3. The van der Waals surface area contributed by atoms with Crippen LogP contribution in [0.5, 0.6) is 0 Å². The zero-order valence-corrected chi connectivity index (χ0v) is 31.7. The van der Waals surface area contributed by atoms with Gasteiger partial charge in [-0.05, 0) is 42.3 Å². The number of nitrogens with zero attached hydrogens (tertiary/aromatic N) is 3. The highest BCUT2D eigenvalue weighted by Gasteiger charge is 2.40. The van der Waals surface area contributed by atoms with Gasteiger partial charge in [0.25, 0.3) is 5.91 Å². The zero-order chi connectivity index (χ0) is 39.2. The summed E-state index contributed by atoms with van der Waals surface area (Å²) in [4.78, 5) is 64.6. The number of carbonyl (C=O) groups is 5. The fourth-order valence-corrected chi connectivity index (χ4v) is 6.40. The Morgan fingerprint density at radius 1 is 1.08 bits per heavy atom. The third kappa shape index (κ3) is 10.2. The summed E-state index contributed by atoms with van der Waals surface area (Å²) in [5.41, 5.74) is 10.2. The lowest BCUT2D eigenvalue weighted by atomic mass is 9.86. The lowest BCUT2D eigenvalue weighted by Crippen LogP contribution is -2.52. The molecule has 3 heterocycles. The van der Waals surface area contributed by atoms with Crippen LogP contribution in [0.25, 0.3) is 0 Å². The van der Waals surface area contributed by atoms with Gasteiger partial charge in [0.05, 0.1) is 44.2 Å². The van der Waals surface area contributed by atoms with Crippen LogP contribution in [0.15, 0.2) is 48.3 Å². The number of nitrogens with two attached hydrogens (primary N) is 2. The Balaban J connectivity index is 0.00000183. The van der Waals surface area contributed by atoms with Gasteiger partial charge < -0.3 is 34.8 Å². The molecule has 3 atom stereocenters. The minimum Gasteiger partial charge on any atom is -0.465 e. The number of hydrazine groups is 1. The molecule has 0 aliphatic carbocycles. The van der Waals surface area contributed by atoms with Crippen LogP contribution in [0.1, 0.15) is 97.8 Å². The SMILES string of the molecule is CC.CC.COC(=O)c1ccc2c(c1)C(N(N)/C=C(\N)COCCOCC#Cc1cccc3c1CN(C1CCC(=O)NC1=O)C3=O)[C@H](C)CN2C(C)=O. The Hall–Kier alpha value is -5.23. The number of benzene rings is 2. The number of hydrogen-bond acceptors (Lipinski definition) is 11. The molecule has 2 unspecified atom stereocenters. The summed E-state index contributed by atoms with van der Waals surface area (Å²) < 4.78 is 16.1. The molecule has 2 aromatic rings. The molecule has 3 aliphatic heterocycles. The second-order valence-corrected chi connectivity index (χ2v) is 12.1. The Bertz CT molecular complexity index is 1750. The lowest BCUT2D eigenvalue weighted by molar-refractivity contribution is -0.137. The van der Waals surface area contributed by atoms with Crippen LogP contribution in [-0.4, -0.2) is 85.6 Å². The minimum atomic E-state index is -0.689. The van der Waals surface area contributed by atoms with Crippen molar-refractivity contribution < 1.29 is 38.2 Å². The second kappa shape index (κ2) is 20.1. The van der Waals surface area contributed by atoms with E-state index in [-0.39, 0.29) is 69.1 Å². The molecule has 2 aromatic carbocycles. The number of fused-ring (bicyclic) bond motifs is 2. The molecule has 0 spiro atoms. The number of rotatable bonds is 10. The van der Waals surface area contributed by atoms with E-state index in [1.807, 2.05) is 40.7 Å². The summed E-state index contributed by atoms with van der Waals surface area (Å²) in [6.45, 7) is 12.9. The van der Waals surface area contributed by atoms with Gasteiger partial charge in [-0.25, -0.2) is 10.6 Å². The van der Waals surface area contributed by atoms with Crippen molar-refractivity contribution in [1.82, 2.24) is 15.2 Å². The molecular formula is C39H52N6O8. The van der Waals surface area contributed by atoms with Gasteiger partial charge in [0.15, 0.2) is 0 Å². The fraction of sp³-hybridized carbons (Fsp3) is 0.462. The third-order valence-electron chi connectivity index (χ3n) is 8.70. The van der Waals surface area contributed by atoms with Gasteiger partial charge in [0.2, 0.25) is 17.7 Å². The average molecular weight is 733 g/mol. The Morgan fingerprint density at radius 3 is 2.47 bits per heavy atom. The number of esters is 1. The zero-order valence-electron chi connectivity index (χ0n) is 31.7. The highest BCUT2D eigenvalue weighted by Crippen LogP contribution is 2.40. The van der Waals surface area contributed by atoms with Gasteiger partial charge >= 0.3 is 5.97 Å². The summed E-state index contributed by atoms with van der Waals surface area (Å²) >= 11 is 0. The summed E-state index contributed by atoms with van der Waals surface area (Å²) in [6.07, 6.45) is 2.06. The van der Waals surface area contributed by atoms with Crippen molar-refractivity contribution in [1.29, 1.82) is 0 Å². The fourth-order valence-electron chi connectivity index (χ4n) is 6.40. The summed E-state index contributed by atoms with van der Waals surface area (Å²) in [5, 5.41) is 3.78. The highest BCUT2D eigenvalue weighted by atomic mass is 16.5. The molecule has 1 saturated heterocycles. The van der Waals surface area contributed by atoms with E-state index in [0.717, 1.165) is 5.56 Å². The van der Waals surface area contributed by atoms with Crippen LogP contribution in [0.4, 0.5) is 5.69 Å². The molecule has 5 rings (SSSR count). The van der Waals surface area contributed by atoms with Gasteiger partial charge in [-0.2, -0.15) is 0 Å². The van der Waals surface area contributed by atoms with E-state index in [1.54, 1.807) is 41.4 Å². The Kier molecular flexibility index (Phi) is 16.0. The summed E-state index contributed by atoms with van der Waals surface area (Å²) in [6, 6.07) is 9.25. The van der Waals surface area contributed by atoms with Crippen molar-refractivity contribution in [3.8, 4) is 11.8 Å². The first-order valence-corrected chi connectivity index (χ1v) is 17.9. The van der Waals surface area contributed by atoms with E-state index in [4.69, 9.17) is 25.8 Å². The van der Waals surface area contributed by atoms with E-state index < -0.39 is 17.9 Å². The number of nitrogens with one attached hydrogen (secondary N) is 1. The summed E-state index contributed by atoms with van der Waals surface area (Å²) in [5.74, 6) is 10.8. The van der Waals surface area contributed by atoms with Crippen molar-refractivity contribution in [2.45, 2.75) is 73.0 Å². The molecule has 0 radical (unpaired) electrons. The van der Waals surface area contributed by atoms with E-state index in [2.05, 4.69) is 17.2 Å². The van der Waals surface area contributed by atoms with Gasteiger partial charge in [0.1, 0.15) is 12.6 Å². The predicted octanol–water partition coefficient (Wildman–Crippen LogP) is 3.39. The van der Waals surface area contributed by atoms with Crippen molar-refractivity contribution in [3.05, 3.63) is 76.1 Å². The van der Waals surface area contributed by atoms with Gasteiger partial charge in [-0.3, -0.25) is 24.5 Å². The molecule has 0 bridgehead atoms. The third-order valence-corrected chi connectivity index (χ3v) is 8.70. The first-order valence-electron chi connectivity index (χ1n) is 17.9. The number of methoxy groups -OCH3 is 1. The van der Waals surface area contributed by atoms with Crippen molar-refractivity contribution in [2.24, 2.45) is 17.5 Å². The topological polar surface area (TPSA) is 187 Å². The molecule has 4 amide bonds. The summed E-state index contributed by atoms with van der Waals surface area (Å²) in [7, 11) is 1.31. The smallest absolute Gasteiger partial charge is 0.337 e. The molecule has 14 nitrogen and oxygen atoms in total. The van der Waals surface area contributed by atoms with Gasteiger partial charge in [0, 0.05) is 60.9 Å². The Labute approximate surface area is 311 Å². The molecule has 53 heavy (non-hydrogen) atoms. The monoisotopic (exact) mass is 732 g/mol. The standard InChI is InChI=1S/C35H40N6O8.2C2H6/c1-21-17-39(22(2)42)29-10-9-24(35(46)47-3)16-27(29)32(21)41(37)18-25(36)20-49-15-14-48-13-5-7-23-6-4-8-26-28(23)19-40(34(26)45)30-11-12-31(43)38-33(30)44;2*1-2/h4,6,8-10,16,18,21,30,32H,11-15,17,19-20,36-37H2,1-3H3,(H,38,43,44);2*1-2H3/b25-18-;;/t21-,30?,32?;;/m1../s1. The van der Waals surface area contributed by atoms with Crippen molar-refractivity contribution in [3.63, 3.8) is 0 Å². The molecule has 1 fully saturated rings. The number of carbonyl (C=O) groups excluding carboxylic acids is 5. The lowest BCUT2D eigenvalue weighted by Gasteiger charge is -2.42. The molecule has 0 saturated carbocycles. The second-order valence-electron chi connectivity index (χ2n) is 12.1. The minimum absolute atomic E-state index is 0.0875. The molecule has 3 aliphatic rings. The highest BCUT2D eigenvalue weighted by molar-refractivity contribution is 6.05. The predicted molar refractivity (Wildman–Crippen MR) is 200 cm³/mol. The Morgan fingerprint density at radius 2 is 1.79 bits per heavy atom. The molecule has 0 aromatic heterocycles. The van der Waals surface area contributed by atoms with Crippen LogP contribution in [0.3, 0.4) is 0 Å². The van der Waals surface area contributed by atoms with Crippen LogP contribution < -0.4 is 21.8 Å². The van der Waals surface area contributed by atoms with Crippen LogP contribution in [0, 0.1) is 17.8 Å². The van der Waals surface area contributed by atoms with Gasteiger partial charge in [-0.1, -0.05) is 52.5 Å². The van der Waals surface area contributed by atoms with Crippen LogP contribution in [-0.2, 0) is 35.1 Å². The first kappa shape index (κ1) is 42.2. The maximum absolute atomic E-state index is 13.0.